The van der Waals surface area contributed by atoms with Crippen molar-refractivity contribution < 1.29 is 14.7 Å². The summed E-state index contributed by atoms with van der Waals surface area (Å²) in [5.41, 5.74) is 4.68. The number of aliphatic carboxylic acids is 1. The largest absolute Gasteiger partial charge is 0.481 e. The smallest absolute Gasteiger partial charge is 0.308 e. The standard InChI is InChI=1S/C12H22N2O3/c1-11(2,12(3,4)13)10(17)14-6-5-8(7-14)9(15)16/h8H,5-7,13H2,1-4H3,(H,15,16). The predicted octanol–water partition coefficient (Wildman–Crippen LogP) is 0.683. The molecule has 98 valence electrons. The Labute approximate surface area is 102 Å². The van der Waals surface area contributed by atoms with Gasteiger partial charge in [-0.1, -0.05) is 0 Å². The van der Waals surface area contributed by atoms with Crippen molar-refractivity contribution in [1.29, 1.82) is 0 Å². The summed E-state index contributed by atoms with van der Waals surface area (Å²) >= 11 is 0. The first-order chi connectivity index (χ1) is 7.57. The van der Waals surface area contributed by atoms with Crippen LogP contribution in [0, 0.1) is 11.3 Å². The van der Waals surface area contributed by atoms with Crippen molar-refractivity contribution in [2.75, 3.05) is 13.1 Å². The zero-order valence-corrected chi connectivity index (χ0v) is 11.0. The van der Waals surface area contributed by atoms with Gasteiger partial charge in [0.25, 0.3) is 0 Å². The first-order valence-electron chi connectivity index (χ1n) is 5.88. The van der Waals surface area contributed by atoms with Gasteiger partial charge in [-0.3, -0.25) is 9.59 Å². The van der Waals surface area contributed by atoms with Crippen LogP contribution in [0.5, 0.6) is 0 Å². The number of carbonyl (C=O) groups excluding carboxylic acids is 1. The molecule has 3 N–H and O–H groups in total. The minimum atomic E-state index is -0.829. The minimum absolute atomic E-state index is 0.0613. The van der Waals surface area contributed by atoms with Gasteiger partial charge in [0.05, 0.1) is 11.3 Å². The molecule has 1 amide bonds. The highest BCUT2D eigenvalue weighted by molar-refractivity contribution is 5.84. The van der Waals surface area contributed by atoms with Gasteiger partial charge < -0.3 is 15.7 Å². The molecule has 1 aliphatic heterocycles. The molecule has 1 saturated heterocycles. The molecule has 0 bridgehead atoms. The first-order valence-corrected chi connectivity index (χ1v) is 5.88. The molecule has 1 atom stereocenters. The molecule has 17 heavy (non-hydrogen) atoms. The first kappa shape index (κ1) is 14.0. The van der Waals surface area contributed by atoms with Crippen LogP contribution in [-0.4, -0.2) is 40.5 Å². The fraction of sp³-hybridized carbons (Fsp3) is 0.833. The lowest BCUT2D eigenvalue weighted by molar-refractivity contribution is -0.144. The monoisotopic (exact) mass is 242 g/mol. The zero-order valence-electron chi connectivity index (χ0n) is 11.0. The van der Waals surface area contributed by atoms with E-state index in [1.165, 1.54) is 0 Å². The number of carboxylic acids is 1. The zero-order chi connectivity index (χ0) is 13.4. The summed E-state index contributed by atoms with van der Waals surface area (Å²) in [7, 11) is 0. The van der Waals surface area contributed by atoms with E-state index in [-0.39, 0.29) is 5.91 Å². The number of rotatable bonds is 3. The van der Waals surface area contributed by atoms with Gasteiger partial charge in [0.2, 0.25) is 5.91 Å². The number of hydrogen-bond donors (Lipinski definition) is 2. The van der Waals surface area contributed by atoms with Crippen LogP contribution in [0.3, 0.4) is 0 Å². The van der Waals surface area contributed by atoms with Crippen LogP contribution in [0.1, 0.15) is 34.1 Å². The van der Waals surface area contributed by atoms with Gasteiger partial charge in [0.15, 0.2) is 0 Å². The summed E-state index contributed by atoms with van der Waals surface area (Å²) in [5.74, 6) is -1.32. The summed E-state index contributed by atoms with van der Waals surface area (Å²) in [6.45, 7) is 8.06. The molecule has 5 nitrogen and oxygen atoms in total. The van der Waals surface area contributed by atoms with Crippen LogP contribution in [0.2, 0.25) is 0 Å². The van der Waals surface area contributed by atoms with Crippen molar-refractivity contribution in [1.82, 2.24) is 4.90 Å². The third-order valence-electron chi connectivity index (χ3n) is 3.97. The second-order valence-corrected chi connectivity index (χ2v) is 5.92. The topological polar surface area (TPSA) is 83.6 Å². The van der Waals surface area contributed by atoms with Crippen LogP contribution in [0.4, 0.5) is 0 Å². The van der Waals surface area contributed by atoms with E-state index < -0.39 is 22.8 Å². The Morgan fingerprint density at radius 2 is 1.82 bits per heavy atom. The van der Waals surface area contributed by atoms with Gasteiger partial charge in [-0.25, -0.2) is 0 Å². The Balaban J connectivity index is 2.77. The molecule has 1 aliphatic rings. The van der Waals surface area contributed by atoms with Gasteiger partial charge >= 0.3 is 5.97 Å². The van der Waals surface area contributed by atoms with Gasteiger partial charge in [-0.05, 0) is 34.1 Å². The summed E-state index contributed by atoms with van der Waals surface area (Å²) in [6.07, 6.45) is 0.530. The number of nitrogens with zero attached hydrogens (tertiary/aromatic N) is 1. The highest BCUT2D eigenvalue weighted by atomic mass is 16.4. The molecule has 0 radical (unpaired) electrons. The molecule has 0 aromatic rings. The molecule has 0 aromatic heterocycles. The highest BCUT2D eigenvalue weighted by Gasteiger charge is 2.44. The molecule has 5 heteroatoms. The molecule has 1 unspecified atom stereocenters. The average molecular weight is 242 g/mol. The van der Waals surface area contributed by atoms with E-state index in [1.807, 2.05) is 27.7 Å². The van der Waals surface area contributed by atoms with Crippen molar-refractivity contribution >= 4 is 11.9 Å². The van der Waals surface area contributed by atoms with E-state index >= 15 is 0 Å². The molecule has 0 spiro atoms. The highest BCUT2D eigenvalue weighted by Crippen LogP contribution is 2.32. The van der Waals surface area contributed by atoms with Crippen molar-refractivity contribution in [2.24, 2.45) is 17.1 Å². The molecule has 1 rings (SSSR count). The van der Waals surface area contributed by atoms with E-state index in [1.54, 1.807) is 4.90 Å². The fourth-order valence-electron chi connectivity index (χ4n) is 1.82. The van der Waals surface area contributed by atoms with Gasteiger partial charge in [0.1, 0.15) is 0 Å². The van der Waals surface area contributed by atoms with Crippen LogP contribution in [-0.2, 0) is 9.59 Å². The lowest BCUT2D eigenvalue weighted by atomic mass is 9.74. The second-order valence-electron chi connectivity index (χ2n) is 5.92. The molecule has 0 saturated carbocycles. The van der Waals surface area contributed by atoms with Crippen molar-refractivity contribution in [3.05, 3.63) is 0 Å². The van der Waals surface area contributed by atoms with Crippen LogP contribution in [0.15, 0.2) is 0 Å². The van der Waals surface area contributed by atoms with E-state index in [9.17, 15) is 9.59 Å². The maximum atomic E-state index is 12.3. The van der Waals surface area contributed by atoms with Crippen LogP contribution >= 0.6 is 0 Å². The summed E-state index contributed by atoms with van der Waals surface area (Å²) < 4.78 is 0. The molecule has 1 fully saturated rings. The van der Waals surface area contributed by atoms with E-state index in [4.69, 9.17) is 10.8 Å². The molecular weight excluding hydrogens is 220 g/mol. The van der Waals surface area contributed by atoms with Crippen molar-refractivity contribution in [3.8, 4) is 0 Å². The minimum Gasteiger partial charge on any atom is -0.481 e. The van der Waals surface area contributed by atoms with E-state index in [0.29, 0.717) is 19.5 Å². The van der Waals surface area contributed by atoms with Gasteiger partial charge in [0, 0.05) is 18.6 Å². The molecule has 0 aromatic carbocycles. The molecule has 0 aliphatic carbocycles. The molecular formula is C12H22N2O3. The Morgan fingerprint density at radius 1 is 1.29 bits per heavy atom. The Hall–Kier alpha value is -1.10. The second kappa shape index (κ2) is 4.29. The SMILES string of the molecule is CC(C)(N)C(C)(C)C(=O)N1CCC(C(=O)O)C1. The van der Waals surface area contributed by atoms with Crippen LogP contribution < -0.4 is 5.73 Å². The predicted molar refractivity (Wildman–Crippen MR) is 64.4 cm³/mol. The quantitative estimate of drug-likeness (QED) is 0.762. The Bertz CT molecular complexity index is 331. The number of carbonyl (C=O) groups is 2. The number of hydrogen-bond acceptors (Lipinski definition) is 3. The lowest BCUT2D eigenvalue weighted by Crippen LogP contribution is -2.56. The number of nitrogens with two attached hydrogens (primary N) is 1. The van der Waals surface area contributed by atoms with E-state index in [0.717, 1.165) is 0 Å². The van der Waals surface area contributed by atoms with E-state index in [2.05, 4.69) is 0 Å². The average Bonchev–Trinajstić information content (AvgIpc) is 2.63. The summed E-state index contributed by atoms with van der Waals surface area (Å²) in [5, 5.41) is 8.91. The number of carboxylic acid groups (broad SMARTS) is 1. The fourth-order valence-corrected chi connectivity index (χ4v) is 1.82. The normalized spacial score (nSPS) is 21.7. The maximum absolute atomic E-state index is 12.3. The Morgan fingerprint density at radius 3 is 2.18 bits per heavy atom. The van der Waals surface area contributed by atoms with Crippen LogP contribution in [0.25, 0.3) is 0 Å². The van der Waals surface area contributed by atoms with Crippen molar-refractivity contribution in [2.45, 2.75) is 39.7 Å². The number of likely N-dealkylation sites (tertiary alicyclic amines) is 1. The summed E-state index contributed by atoms with van der Waals surface area (Å²) in [4.78, 5) is 24.8. The molecule has 1 heterocycles. The lowest BCUT2D eigenvalue weighted by Gasteiger charge is -2.39. The van der Waals surface area contributed by atoms with Gasteiger partial charge in [-0.15, -0.1) is 0 Å². The maximum Gasteiger partial charge on any atom is 0.308 e. The Kier molecular flexibility index (Phi) is 3.52. The third kappa shape index (κ3) is 2.60. The van der Waals surface area contributed by atoms with Crippen molar-refractivity contribution in [3.63, 3.8) is 0 Å². The number of amides is 1. The summed E-state index contributed by atoms with van der Waals surface area (Å²) in [6, 6.07) is 0. The van der Waals surface area contributed by atoms with Gasteiger partial charge in [-0.2, -0.15) is 0 Å². The third-order valence-corrected chi connectivity index (χ3v) is 3.97.